The van der Waals surface area contributed by atoms with Crippen LogP contribution < -0.4 is 15.2 Å². The highest BCUT2D eigenvalue weighted by atomic mass is 32.2. The minimum Gasteiger partial charge on any atom is -0.507 e. The second-order valence-corrected chi connectivity index (χ2v) is 11.9. The van der Waals surface area contributed by atoms with Crippen molar-refractivity contribution in [3.8, 4) is 34.0 Å². The number of nitrogens with two attached hydrogens (primary N) is 1. The van der Waals surface area contributed by atoms with E-state index in [1.54, 1.807) is 51.1 Å². The number of carbonyl (C=O) groups is 1. The van der Waals surface area contributed by atoms with Gasteiger partial charge in [0.2, 0.25) is 10.0 Å². The summed E-state index contributed by atoms with van der Waals surface area (Å²) >= 11 is 0. The number of aromatic hydroxyl groups is 1. The molecule has 4 aromatic rings. The van der Waals surface area contributed by atoms with Crippen LogP contribution in [0.25, 0.3) is 33.5 Å². The molecule has 0 aliphatic rings. The standard InChI is InChI=1S/C28H31N5O6S/c1-28(2,3)33-40(36,37)17-7-9-23(38-4)18(14-17)19-10-15(12-24(34)39-5)11-20(25(19)35)27-31-21-8-6-16(26(29)30)13-22(21)32-27/h6-11,13-14,33,35H,12H2,1-5H3,(H3,29,30)(H,31,32). The lowest BCUT2D eigenvalue weighted by atomic mass is 9.96. The number of carbonyl (C=O) groups excluding carboxylic acids is 1. The minimum absolute atomic E-state index is 0.0296. The number of benzene rings is 3. The van der Waals surface area contributed by atoms with Crippen molar-refractivity contribution in [3.63, 3.8) is 0 Å². The molecule has 0 aliphatic carbocycles. The van der Waals surface area contributed by atoms with Crippen LogP contribution in [0, 0.1) is 5.41 Å². The average Bonchev–Trinajstić information content (AvgIpc) is 3.31. The Morgan fingerprint density at radius 2 is 1.77 bits per heavy atom. The Bertz CT molecular complexity index is 1740. The van der Waals surface area contributed by atoms with Gasteiger partial charge in [0.25, 0.3) is 0 Å². The summed E-state index contributed by atoms with van der Waals surface area (Å²) < 4.78 is 39.2. The Hall–Kier alpha value is -4.42. The molecule has 0 saturated carbocycles. The molecule has 210 valence electrons. The van der Waals surface area contributed by atoms with E-state index in [0.717, 1.165) is 0 Å². The first-order chi connectivity index (χ1) is 18.7. The number of esters is 1. The molecular formula is C28H31N5O6S. The van der Waals surface area contributed by atoms with Crippen LogP contribution in [0.2, 0.25) is 0 Å². The maximum absolute atomic E-state index is 13.1. The van der Waals surface area contributed by atoms with Gasteiger partial charge in [0.1, 0.15) is 23.2 Å². The monoisotopic (exact) mass is 565 g/mol. The van der Waals surface area contributed by atoms with Crippen molar-refractivity contribution >= 4 is 32.9 Å². The Balaban J connectivity index is 1.95. The highest BCUT2D eigenvalue weighted by Gasteiger charge is 2.25. The number of phenolic OH excluding ortho intramolecular Hbond substituents is 1. The summed E-state index contributed by atoms with van der Waals surface area (Å²) in [6.07, 6.45) is -0.114. The van der Waals surface area contributed by atoms with Gasteiger partial charge in [0.05, 0.1) is 42.1 Å². The topological polar surface area (TPSA) is 180 Å². The van der Waals surface area contributed by atoms with Crippen molar-refractivity contribution in [2.75, 3.05) is 14.2 Å². The highest BCUT2D eigenvalue weighted by Crippen LogP contribution is 2.43. The molecule has 0 atom stereocenters. The molecule has 0 amide bonds. The third-order valence-electron chi connectivity index (χ3n) is 6.01. The zero-order valence-corrected chi connectivity index (χ0v) is 23.6. The van der Waals surface area contributed by atoms with Crippen LogP contribution in [-0.2, 0) is 26.0 Å². The van der Waals surface area contributed by atoms with Gasteiger partial charge < -0.3 is 25.3 Å². The molecule has 40 heavy (non-hydrogen) atoms. The number of H-pyrrole nitrogens is 1. The number of fused-ring (bicyclic) bond motifs is 1. The fourth-order valence-corrected chi connectivity index (χ4v) is 5.70. The predicted molar refractivity (Wildman–Crippen MR) is 152 cm³/mol. The number of hydrogen-bond donors (Lipinski definition) is 5. The van der Waals surface area contributed by atoms with Gasteiger partial charge in [-0.3, -0.25) is 10.2 Å². The van der Waals surface area contributed by atoms with Crippen LogP contribution in [0.1, 0.15) is 31.9 Å². The van der Waals surface area contributed by atoms with Crippen molar-refractivity contribution in [1.82, 2.24) is 14.7 Å². The average molecular weight is 566 g/mol. The Labute approximate surface area is 231 Å². The van der Waals surface area contributed by atoms with E-state index in [2.05, 4.69) is 14.7 Å². The third kappa shape index (κ3) is 5.92. The number of methoxy groups -OCH3 is 2. The number of hydrogen-bond acceptors (Lipinski definition) is 8. The summed E-state index contributed by atoms with van der Waals surface area (Å²) in [7, 11) is -1.21. The van der Waals surface area contributed by atoms with E-state index in [9.17, 15) is 18.3 Å². The van der Waals surface area contributed by atoms with Crippen LogP contribution in [-0.4, -0.2) is 55.1 Å². The number of aromatic nitrogens is 2. The molecule has 12 heteroatoms. The molecule has 0 unspecified atom stereocenters. The summed E-state index contributed by atoms with van der Waals surface area (Å²) in [5, 5.41) is 19.2. The summed E-state index contributed by atoms with van der Waals surface area (Å²) in [4.78, 5) is 19.9. The maximum Gasteiger partial charge on any atom is 0.309 e. The molecule has 11 nitrogen and oxygen atoms in total. The van der Waals surface area contributed by atoms with Crippen molar-refractivity contribution in [2.24, 2.45) is 5.73 Å². The van der Waals surface area contributed by atoms with E-state index >= 15 is 0 Å². The summed E-state index contributed by atoms with van der Waals surface area (Å²) in [5.41, 5.74) is 7.82. The van der Waals surface area contributed by atoms with Gasteiger partial charge in [0.15, 0.2) is 0 Å². The first-order valence-electron chi connectivity index (χ1n) is 12.2. The lowest BCUT2D eigenvalue weighted by Gasteiger charge is -2.21. The lowest BCUT2D eigenvalue weighted by Crippen LogP contribution is -2.40. The fraction of sp³-hybridized carbons (Fsp3) is 0.250. The molecule has 1 heterocycles. The van der Waals surface area contributed by atoms with E-state index < -0.39 is 21.5 Å². The highest BCUT2D eigenvalue weighted by molar-refractivity contribution is 7.89. The van der Waals surface area contributed by atoms with Crippen molar-refractivity contribution in [1.29, 1.82) is 5.41 Å². The molecule has 3 aromatic carbocycles. The molecule has 0 bridgehead atoms. The smallest absolute Gasteiger partial charge is 0.309 e. The van der Waals surface area contributed by atoms with E-state index in [4.69, 9.17) is 20.6 Å². The number of imidazole rings is 1. The quantitative estimate of drug-likeness (QED) is 0.122. The first kappa shape index (κ1) is 28.6. The fourth-order valence-electron chi connectivity index (χ4n) is 4.25. The van der Waals surface area contributed by atoms with Crippen molar-refractivity contribution in [2.45, 2.75) is 37.6 Å². The van der Waals surface area contributed by atoms with Crippen molar-refractivity contribution in [3.05, 3.63) is 59.7 Å². The van der Waals surface area contributed by atoms with Crippen LogP contribution in [0.4, 0.5) is 0 Å². The molecule has 4 rings (SSSR count). The molecule has 6 N–H and O–H groups in total. The molecule has 0 aliphatic heterocycles. The number of nitrogens with zero attached hydrogens (tertiary/aromatic N) is 1. The van der Waals surface area contributed by atoms with E-state index in [0.29, 0.717) is 39.3 Å². The van der Waals surface area contributed by atoms with Gasteiger partial charge >= 0.3 is 5.97 Å². The summed E-state index contributed by atoms with van der Waals surface area (Å²) in [6.45, 7) is 5.20. The Morgan fingerprint density at radius 1 is 1.07 bits per heavy atom. The maximum atomic E-state index is 13.1. The largest absolute Gasteiger partial charge is 0.507 e. The summed E-state index contributed by atoms with van der Waals surface area (Å²) in [6, 6.07) is 12.5. The number of rotatable bonds is 8. The van der Waals surface area contributed by atoms with Gasteiger partial charge in [-0.1, -0.05) is 0 Å². The Kier molecular flexibility index (Phi) is 7.59. The van der Waals surface area contributed by atoms with Gasteiger partial charge in [-0.2, -0.15) is 0 Å². The van der Waals surface area contributed by atoms with Gasteiger partial charge in [-0.25, -0.2) is 18.1 Å². The number of amidine groups is 1. The molecule has 1 aromatic heterocycles. The van der Waals surface area contributed by atoms with Crippen LogP contribution in [0.5, 0.6) is 11.5 Å². The number of ether oxygens (including phenoxy) is 2. The van der Waals surface area contributed by atoms with E-state index in [1.807, 2.05) is 0 Å². The molecule has 0 saturated heterocycles. The SMILES string of the molecule is COC(=O)Cc1cc(-c2nc3ccc(C(=N)N)cc3[nH]2)c(O)c(-c2cc(S(=O)(=O)NC(C)(C)C)ccc2OC)c1. The minimum atomic E-state index is -3.92. The second kappa shape index (κ2) is 10.6. The first-order valence-corrected chi connectivity index (χ1v) is 13.7. The molecule has 0 spiro atoms. The number of phenols is 1. The normalized spacial score (nSPS) is 11.9. The second-order valence-electron chi connectivity index (χ2n) is 10.2. The van der Waals surface area contributed by atoms with Crippen LogP contribution >= 0.6 is 0 Å². The zero-order valence-electron chi connectivity index (χ0n) is 22.7. The zero-order chi connectivity index (χ0) is 29.4. The Morgan fingerprint density at radius 3 is 2.40 bits per heavy atom. The van der Waals surface area contributed by atoms with Crippen molar-refractivity contribution < 1.29 is 27.8 Å². The lowest BCUT2D eigenvalue weighted by molar-refractivity contribution is -0.139. The third-order valence-corrected chi connectivity index (χ3v) is 7.76. The predicted octanol–water partition coefficient (Wildman–Crippen LogP) is 3.69. The van der Waals surface area contributed by atoms with E-state index in [-0.39, 0.29) is 34.0 Å². The van der Waals surface area contributed by atoms with Gasteiger partial charge in [0, 0.05) is 22.2 Å². The summed E-state index contributed by atoms with van der Waals surface area (Å²) in [5.74, 6) is -0.224. The van der Waals surface area contributed by atoms with Crippen LogP contribution in [0.3, 0.4) is 0 Å². The van der Waals surface area contributed by atoms with E-state index in [1.165, 1.54) is 32.4 Å². The molecule has 0 fully saturated rings. The number of nitrogens with one attached hydrogen (secondary N) is 3. The number of nitrogen functional groups attached to an aromatic ring is 1. The van der Waals surface area contributed by atoms with Gasteiger partial charge in [-0.05, 0) is 74.9 Å². The number of sulfonamides is 1. The van der Waals surface area contributed by atoms with Gasteiger partial charge in [-0.15, -0.1) is 0 Å². The van der Waals surface area contributed by atoms with Crippen LogP contribution in [0.15, 0.2) is 53.4 Å². The molecular weight excluding hydrogens is 534 g/mol. The number of aromatic amines is 1. The molecule has 0 radical (unpaired) electrons.